The number of halogens is 3. The predicted octanol–water partition coefficient (Wildman–Crippen LogP) is 5.91. The molecule has 0 bridgehead atoms. The van der Waals surface area contributed by atoms with Crippen molar-refractivity contribution in [3.63, 3.8) is 0 Å². The molecule has 3 aromatic rings. The van der Waals surface area contributed by atoms with Crippen molar-refractivity contribution in [2.24, 2.45) is 5.10 Å². The molecule has 0 aliphatic rings. The highest BCUT2D eigenvalue weighted by molar-refractivity contribution is 14.1. The highest BCUT2D eigenvalue weighted by atomic mass is 127. The minimum absolute atomic E-state index is 0.373. The highest BCUT2D eigenvalue weighted by Gasteiger charge is 2.11. The fourth-order valence-corrected chi connectivity index (χ4v) is 5.04. The molecule has 0 heterocycles. The molecule has 0 aromatic heterocycles. The molecule has 9 heteroatoms. The Bertz CT molecular complexity index is 1110. The van der Waals surface area contributed by atoms with Gasteiger partial charge in [-0.15, -0.1) is 0 Å². The number of amides is 1. The lowest BCUT2D eigenvalue weighted by molar-refractivity contribution is 0.0954. The first-order chi connectivity index (χ1) is 15.4. The van der Waals surface area contributed by atoms with Gasteiger partial charge >= 0.3 is 0 Å². The Kier molecular flexibility index (Phi) is 9.00. The largest absolute Gasteiger partial charge is 0.497 e. The lowest BCUT2D eigenvalue weighted by Gasteiger charge is -2.12. The number of methoxy groups -OCH3 is 2. The van der Waals surface area contributed by atoms with Crippen LogP contribution in [0.5, 0.6) is 17.2 Å². The van der Waals surface area contributed by atoms with Gasteiger partial charge in [0.05, 0.1) is 27.6 Å². The number of nitrogens with zero attached hydrogens (tertiary/aromatic N) is 1. The summed E-state index contributed by atoms with van der Waals surface area (Å²) in [5.41, 5.74) is 4.65. The van der Waals surface area contributed by atoms with Gasteiger partial charge < -0.3 is 14.2 Å². The number of hydrazone groups is 1. The summed E-state index contributed by atoms with van der Waals surface area (Å²) >= 11 is 10.6. The van der Waals surface area contributed by atoms with Crippen molar-refractivity contribution < 1.29 is 19.0 Å². The van der Waals surface area contributed by atoms with E-state index in [-0.39, 0.29) is 5.91 Å². The first-order valence-corrected chi connectivity index (χ1v) is 11.9. The van der Waals surface area contributed by atoms with Crippen LogP contribution in [-0.2, 0) is 6.61 Å². The molecule has 0 aliphatic carbocycles. The molecular formula is C23H19ClI2N2O4. The number of rotatable bonds is 8. The second kappa shape index (κ2) is 11.7. The summed E-state index contributed by atoms with van der Waals surface area (Å²) in [4.78, 5) is 12.4. The zero-order valence-electron chi connectivity index (χ0n) is 17.2. The molecule has 0 saturated carbocycles. The Hall–Kier alpha value is -2.05. The summed E-state index contributed by atoms with van der Waals surface area (Å²) in [6.45, 7) is 0.374. The first-order valence-electron chi connectivity index (χ1n) is 9.33. The van der Waals surface area contributed by atoms with E-state index in [4.69, 9.17) is 25.8 Å². The monoisotopic (exact) mass is 676 g/mol. The van der Waals surface area contributed by atoms with Crippen molar-refractivity contribution in [1.29, 1.82) is 0 Å². The number of hydrogen-bond donors (Lipinski definition) is 1. The van der Waals surface area contributed by atoms with E-state index in [2.05, 4.69) is 55.7 Å². The molecule has 0 spiro atoms. The molecule has 166 valence electrons. The molecule has 0 radical (unpaired) electrons. The van der Waals surface area contributed by atoms with Gasteiger partial charge in [0.15, 0.2) is 0 Å². The number of carbonyl (C=O) groups is 1. The fourth-order valence-electron chi connectivity index (χ4n) is 2.73. The molecular weight excluding hydrogens is 658 g/mol. The van der Waals surface area contributed by atoms with E-state index in [0.29, 0.717) is 28.7 Å². The van der Waals surface area contributed by atoms with Gasteiger partial charge in [-0.2, -0.15) is 5.10 Å². The van der Waals surface area contributed by atoms with Crippen LogP contribution in [0, 0.1) is 7.14 Å². The molecule has 0 atom stereocenters. The molecule has 0 fully saturated rings. The Morgan fingerprint density at radius 2 is 1.66 bits per heavy atom. The summed E-state index contributed by atoms with van der Waals surface area (Å²) < 4.78 is 18.2. The second-order valence-corrected chi connectivity index (χ2v) is 9.23. The van der Waals surface area contributed by atoms with Crippen LogP contribution in [0.15, 0.2) is 59.7 Å². The van der Waals surface area contributed by atoms with Crippen LogP contribution in [0.25, 0.3) is 0 Å². The van der Waals surface area contributed by atoms with Crippen LogP contribution >= 0.6 is 56.8 Å². The normalized spacial score (nSPS) is 10.8. The van der Waals surface area contributed by atoms with E-state index < -0.39 is 0 Å². The van der Waals surface area contributed by atoms with E-state index in [0.717, 1.165) is 24.0 Å². The molecule has 1 N–H and O–H groups in total. The van der Waals surface area contributed by atoms with Crippen LogP contribution in [-0.4, -0.2) is 26.3 Å². The van der Waals surface area contributed by atoms with Crippen LogP contribution in [0.4, 0.5) is 0 Å². The van der Waals surface area contributed by atoms with Gasteiger partial charge in [-0.25, -0.2) is 5.43 Å². The summed E-state index contributed by atoms with van der Waals surface area (Å²) in [6.07, 6.45) is 1.58. The summed E-state index contributed by atoms with van der Waals surface area (Å²) in [5, 5.41) is 4.75. The van der Waals surface area contributed by atoms with E-state index >= 15 is 0 Å². The topological polar surface area (TPSA) is 69.2 Å². The molecule has 0 saturated heterocycles. The van der Waals surface area contributed by atoms with Gasteiger partial charge in [-0.3, -0.25) is 4.79 Å². The molecule has 3 aromatic carbocycles. The molecule has 0 unspecified atom stereocenters. The average Bonchev–Trinajstić information content (AvgIpc) is 2.79. The van der Waals surface area contributed by atoms with Crippen LogP contribution in [0.3, 0.4) is 0 Å². The maximum Gasteiger partial charge on any atom is 0.271 e. The Morgan fingerprint density at radius 3 is 2.25 bits per heavy atom. The average molecular weight is 677 g/mol. The van der Waals surface area contributed by atoms with E-state index in [1.807, 2.05) is 36.4 Å². The first kappa shape index (κ1) is 24.6. The summed E-state index contributed by atoms with van der Waals surface area (Å²) in [7, 11) is 3.05. The maximum atomic E-state index is 12.4. The Morgan fingerprint density at radius 1 is 1.03 bits per heavy atom. The highest BCUT2D eigenvalue weighted by Crippen LogP contribution is 2.30. The van der Waals surface area contributed by atoms with Gasteiger partial charge in [-0.05, 0) is 81.1 Å². The van der Waals surface area contributed by atoms with Crippen LogP contribution in [0.1, 0.15) is 21.5 Å². The van der Waals surface area contributed by atoms with Crippen LogP contribution in [0.2, 0.25) is 5.02 Å². The summed E-state index contributed by atoms with van der Waals surface area (Å²) in [6, 6.07) is 16.4. The van der Waals surface area contributed by atoms with Crippen molar-refractivity contribution in [1.82, 2.24) is 5.43 Å². The zero-order chi connectivity index (χ0) is 23.1. The third-order valence-electron chi connectivity index (χ3n) is 4.34. The third-order valence-corrected chi connectivity index (χ3v) is 6.32. The molecule has 32 heavy (non-hydrogen) atoms. The summed E-state index contributed by atoms with van der Waals surface area (Å²) in [5.74, 6) is 1.45. The van der Waals surface area contributed by atoms with Gasteiger partial charge in [0, 0.05) is 22.2 Å². The fraction of sp³-hybridized carbons (Fsp3) is 0.130. The molecule has 0 aliphatic heterocycles. The van der Waals surface area contributed by atoms with E-state index in [1.165, 1.54) is 14.2 Å². The quantitative estimate of drug-likeness (QED) is 0.183. The van der Waals surface area contributed by atoms with Crippen molar-refractivity contribution >= 4 is 68.9 Å². The van der Waals surface area contributed by atoms with Gasteiger partial charge in [0.25, 0.3) is 5.91 Å². The van der Waals surface area contributed by atoms with Gasteiger partial charge in [0.1, 0.15) is 23.9 Å². The number of hydrogen-bond acceptors (Lipinski definition) is 5. The predicted molar refractivity (Wildman–Crippen MR) is 142 cm³/mol. The number of carbonyl (C=O) groups excluding carboxylic acids is 1. The van der Waals surface area contributed by atoms with Crippen molar-refractivity contribution in [3.05, 3.63) is 83.5 Å². The van der Waals surface area contributed by atoms with Crippen molar-refractivity contribution in [2.75, 3.05) is 14.2 Å². The third kappa shape index (κ3) is 6.48. The molecule has 6 nitrogen and oxygen atoms in total. The minimum Gasteiger partial charge on any atom is -0.497 e. The SMILES string of the molecule is COc1cc(OC)cc(C(=O)N/N=C\c2cc(I)c(OCc3ccccc3Cl)c(I)c2)c1. The smallest absolute Gasteiger partial charge is 0.271 e. The maximum absolute atomic E-state index is 12.4. The van der Waals surface area contributed by atoms with Gasteiger partial charge in [0.2, 0.25) is 0 Å². The minimum atomic E-state index is -0.373. The Labute approximate surface area is 218 Å². The number of benzene rings is 3. The lowest BCUT2D eigenvalue weighted by Crippen LogP contribution is -2.17. The van der Waals surface area contributed by atoms with Crippen molar-refractivity contribution in [2.45, 2.75) is 6.61 Å². The number of ether oxygens (including phenoxy) is 3. The van der Waals surface area contributed by atoms with Gasteiger partial charge in [-0.1, -0.05) is 29.8 Å². The second-order valence-electron chi connectivity index (χ2n) is 6.49. The zero-order valence-corrected chi connectivity index (χ0v) is 22.3. The van der Waals surface area contributed by atoms with Crippen LogP contribution < -0.4 is 19.6 Å². The van der Waals surface area contributed by atoms with E-state index in [1.54, 1.807) is 24.4 Å². The van der Waals surface area contributed by atoms with E-state index in [9.17, 15) is 4.79 Å². The Balaban J connectivity index is 1.67. The molecule has 3 rings (SSSR count). The number of nitrogens with one attached hydrogen (secondary N) is 1. The lowest BCUT2D eigenvalue weighted by atomic mass is 10.2. The standard InChI is InChI=1S/C23H19ClI2N2O4/c1-30-17-9-16(10-18(11-17)31-2)23(29)28-27-12-14-7-20(25)22(21(26)8-14)32-13-15-5-3-4-6-19(15)24/h3-12H,13H2,1-2H3,(H,28,29)/b27-12-. The van der Waals surface area contributed by atoms with Crippen molar-refractivity contribution in [3.8, 4) is 17.2 Å². The molecule has 1 amide bonds.